The number of carbonyl (C=O) groups is 1. The lowest BCUT2D eigenvalue weighted by Gasteiger charge is -2.37. The predicted octanol–water partition coefficient (Wildman–Crippen LogP) is 4.94. The Balaban J connectivity index is 2.76. The molecule has 0 fully saturated rings. The minimum absolute atomic E-state index is 0.146. The number of benzene rings is 2. The third kappa shape index (κ3) is 3.46. The monoisotopic (exact) mass is 361 g/mol. The van der Waals surface area contributed by atoms with Crippen LogP contribution in [0, 0.1) is 0 Å². The summed E-state index contributed by atoms with van der Waals surface area (Å²) in [6.07, 6.45) is -4.78. The third-order valence-corrected chi connectivity index (χ3v) is 3.85. The largest absolute Gasteiger partial charge is 0.420 e. The van der Waals surface area contributed by atoms with Gasteiger partial charge >= 0.3 is 6.18 Å². The number of amides is 1. The van der Waals surface area contributed by atoms with Gasteiger partial charge in [0.05, 0.1) is 0 Å². The standard InChI is InChI=1S/C16H12Cl2F3NO/c1-10(23)22-15(16(19,20)21,11-2-6-13(17)7-3-11)12-4-8-14(18)9-5-12/h2-9H,1H3,(H,22,23). The first-order chi connectivity index (χ1) is 10.7. The Bertz CT molecular complexity index is 651. The quantitative estimate of drug-likeness (QED) is 0.824. The fourth-order valence-corrected chi connectivity index (χ4v) is 2.62. The maximum Gasteiger partial charge on any atom is 0.420 e. The van der Waals surface area contributed by atoms with Gasteiger partial charge in [0.2, 0.25) is 5.91 Å². The highest BCUT2D eigenvalue weighted by molar-refractivity contribution is 6.30. The highest BCUT2D eigenvalue weighted by Gasteiger charge is 2.58. The number of carbonyl (C=O) groups excluding carboxylic acids is 1. The topological polar surface area (TPSA) is 29.1 Å². The van der Waals surface area contributed by atoms with E-state index in [1.807, 2.05) is 0 Å². The lowest BCUT2D eigenvalue weighted by atomic mass is 9.82. The van der Waals surface area contributed by atoms with Crippen LogP contribution >= 0.6 is 23.2 Å². The van der Waals surface area contributed by atoms with Crippen molar-refractivity contribution in [2.75, 3.05) is 0 Å². The first kappa shape index (κ1) is 17.6. The second kappa shape index (κ2) is 6.42. The summed E-state index contributed by atoms with van der Waals surface area (Å²) in [4.78, 5) is 11.5. The molecule has 0 atom stereocenters. The second-order valence-corrected chi connectivity index (χ2v) is 5.82. The van der Waals surface area contributed by atoms with Crippen molar-refractivity contribution in [3.8, 4) is 0 Å². The lowest BCUT2D eigenvalue weighted by molar-refractivity contribution is -0.189. The summed E-state index contributed by atoms with van der Waals surface area (Å²) in [6.45, 7) is 1.03. The molecule has 0 saturated heterocycles. The van der Waals surface area contributed by atoms with Crippen molar-refractivity contribution >= 4 is 29.1 Å². The molecule has 0 radical (unpaired) electrons. The number of hydrogen-bond acceptors (Lipinski definition) is 1. The number of halogens is 5. The molecule has 2 aromatic carbocycles. The molecule has 0 aliphatic rings. The van der Waals surface area contributed by atoms with Gasteiger partial charge in [-0.25, -0.2) is 0 Å². The van der Waals surface area contributed by atoms with Crippen LogP contribution in [0.25, 0.3) is 0 Å². The molecule has 0 unspecified atom stereocenters. The van der Waals surface area contributed by atoms with E-state index >= 15 is 0 Å². The van der Waals surface area contributed by atoms with E-state index in [1.54, 1.807) is 0 Å². The van der Waals surface area contributed by atoms with E-state index < -0.39 is 17.6 Å². The third-order valence-electron chi connectivity index (χ3n) is 3.34. The van der Waals surface area contributed by atoms with Gasteiger partial charge in [-0.15, -0.1) is 0 Å². The van der Waals surface area contributed by atoms with Gasteiger partial charge in [-0.3, -0.25) is 4.79 Å². The van der Waals surface area contributed by atoms with Crippen molar-refractivity contribution in [1.29, 1.82) is 0 Å². The molecule has 0 bridgehead atoms. The fourth-order valence-electron chi connectivity index (χ4n) is 2.37. The van der Waals surface area contributed by atoms with Crippen LogP contribution in [0.1, 0.15) is 18.1 Å². The summed E-state index contributed by atoms with van der Waals surface area (Å²) in [5, 5.41) is 2.65. The zero-order valence-electron chi connectivity index (χ0n) is 11.9. The van der Waals surface area contributed by atoms with Crippen LogP contribution in [0.15, 0.2) is 48.5 Å². The van der Waals surface area contributed by atoms with Gasteiger partial charge in [0.1, 0.15) is 0 Å². The van der Waals surface area contributed by atoms with Gasteiger partial charge < -0.3 is 5.32 Å². The summed E-state index contributed by atoms with van der Waals surface area (Å²) in [5.74, 6) is -0.813. The molecule has 2 aromatic rings. The van der Waals surface area contributed by atoms with Crippen LogP contribution in [0.4, 0.5) is 13.2 Å². The van der Waals surface area contributed by atoms with Crippen LogP contribution in [0.2, 0.25) is 10.0 Å². The van der Waals surface area contributed by atoms with E-state index in [0.29, 0.717) is 10.0 Å². The van der Waals surface area contributed by atoms with Crippen molar-refractivity contribution in [3.63, 3.8) is 0 Å². The van der Waals surface area contributed by atoms with Crippen molar-refractivity contribution in [3.05, 3.63) is 69.7 Å². The SMILES string of the molecule is CC(=O)NC(c1ccc(Cl)cc1)(c1ccc(Cl)cc1)C(F)(F)F. The maximum absolute atomic E-state index is 14.0. The van der Waals surface area contributed by atoms with Crippen LogP contribution in [-0.4, -0.2) is 12.1 Å². The summed E-state index contributed by atoms with van der Waals surface area (Å²) < 4.78 is 42.1. The lowest BCUT2D eigenvalue weighted by Crippen LogP contribution is -2.56. The van der Waals surface area contributed by atoms with E-state index in [1.165, 1.54) is 48.5 Å². The molecule has 0 heterocycles. The molecule has 1 amide bonds. The van der Waals surface area contributed by atoms with Gasteiger partial charge in [0, 0.05) is 17.0 Å². The Kier molecular flexibility index (Phi) is 4.92. The second-order valence-electron chi connectivity index (χ2n) is 4.94. The molecule has 2 nitrogen and oxygen atoms in total. The average molecular weight is 362 g/mol. The van der Waals surface area contributed by atoms with E-state index in [0.717, 1.165) is 6.92 Å². The number of nitrogens with one attached hydrogen (secondary N) is 1. The van der Waals surface area contributed by atoms with Gasteiger partial charge in [-0.1, -0.05) is 47.5 Å². The Morgan fingerprint density at radius 2 is 1.22 bits per heavy atom. The molecule has 122 valence electrons. The molecular weight excluding hydrogens is 350 g/mol. The van der Waals surface area contributed by atoms with E-state index in [9.17, 15) is 18.0 Å². The van der Waals surface area contributed by atoms with Crippen LogP contribution < -0.4 is 5.32 Å². The first-order valence-electron chi connectivity index (χ1n) is 6.54. The predicted molar refractivity (Wildman–Crippen MR) is 83.6 cm³/mol. The normalized spacial score (nSPS) is 12.1. The molecule has 2 rings (SSSR count). The van der Waals surface area contributed by atoms with Gasteiger partial charge in [0.25, 0.3) is 0 Å². The van der Waals surface area contributed by atoms with Crippen LogP contribution in [-0.2, 0) is 10.3 Å². The zero-order chi connectivity index (χ0) is 17.3. The molecule has 0 aliphatic heterocycles. The highest BCUT2D eigenvalue weighted by atomic mass is 35.5. The Labute approximate surface area is 141 Å². The summed E-state index contributed by atoms with van der Waals surface area (Å²) in [6, 6.07) is 10.3. The van der Waals surface area contributed by atoms with E-state index in [-0.39, 0.29) is 11.1 Å². The summed E-state index contributed by atoms with van der Waals surface area (Å²) in [5.41, 5.74) is -2.98. The molecule has 7 heteroatoms. The number of alkyl halides is 3. The molecular formula is C16H12Cl2F3NO. The van der Waals surface area contributed by atoms with E-state index in [2.05, 4.69) is 5.32 Å². The number of hydrogen-bond donors (Lipinski definition) is 1. The molecule has 0 aromatic heterocycles. The van der Waals surface area contributed by atoms with E-state index in [4.69, 9.17) is 23.2 Å². The molecule has 23 heavy (non-hydrogen) atoms. The molecule has 1 N–H and O–H groups in total. The fraction of sp³-hybridized carbons (Fsp3) is 0.188. The average Bonchev–Trinajstić information content (AvgIpc) is 2.45. The smallest absolute Gasteiger partial charge is 0.335 e. The van der Waals surface area contributed by atoms with Crippen molar-refractivity contribution in [2.24, 2.45) is 0 Å². The van der Waals surface area contributed by atoms with Crippen molar-refractivity contribution in [1.82, 2.24) is 5.32 Å². The van der Waals surface area contributed by atoms with Gasteiger partial charge in [0.15, 0.2) is 5.54 Å². The van der Waals surface area contributed by atoms with Crippen molar-refractivity contribution < 1.29 is 18.0 Å². The number of rotatable bonds is 3. The minimum Gasteiger partial charge on any atom is -0.335 e. The van der Waals surface area contributed by atoms with Crippen LogP contribution in [0.3, 0.4) is 0 Å². The molecule has 0 spiro atoms. The van der Waals surface area contributed by atoms with Crippen LogP contribution in [0.5, 0.6) is 0 Å². The summed E-state index contributed by atoms with van der Waals surface area (Å²) >= 11 is 11.5. The molecule has 0 aliphatic carbocycles. The Morgan fingerprint density at radius 3 is 1.48 bits per heavy atom. The van der Waals surface area contributed by atoms with Gasteiger partial charge in [-0.05, 0) is 35.4 Å². The Hall–Kier alpha value is -1.72. The summed E-state index contributed by atoms with van der Waals surface area (Å²) in [7, 11) is 0. The maximum atomic E-state index is 14.0. The minimum atomic E-state index is -4.78. The zero-order valence-corrected chi connectivity index (χ0v) is 13.4. The van der Waals surface area contributed by atoms with Crippen molar-refractivity contribution in [2.45, 2.75) is 18.6 Å². The first-order valence-corrected chi connectivity index (χ1v) is 7.30. The molecule has 0 saturated carbocycles. The van der Waals surface area contributed by atoms with Gasteiger partial charge in [-0.2, -0.15) is 13.2 Å². The Morgan fingerprint density at radius 1 is 0.870 bits per heavy atom. The highest BCUT2D eigenvalue weighted by Crippen LogP contribution is 2.44.